The Kier molecular flexibility index (Phi) is 4.87. The summed E-state index contributed by atoms with van der Waals surface area (Å²) in [4.78, 5) is 14.9. The third-order valence-corrected chi connectivity index (χ3v) is 6.73. The van der Waals surface area contributed by atoms with Gasteiger partial charge in [-0.1, -0.05) is 6.07 Å². The van der Waals surface area contributed by atoms with Crippen molar-refractivity contribution in [3.8, 4) is 0 Å². The Morgan fingerprint density at radius 2 is 2.21 bits per heavy atom. The number of aromatic amines is 1. The number of carbonyl (C=O) groups excluding carboxylic acids is 1. The summed E-state index contributed by atoms with van der Waals surface area (Å²) in [6, 6.07) is 5.01. The highest BCUT2D eigenvalue weighted by Crippen LogP contribution is 2.40. The monoisotopic (exact) mass is 398 g/mol. The molecule has 3 aliphatic rings. The van der Waals surface area contributed by atoms with Crippen LogP contribution in [0.25, 0.3) is 0 Å². The summed E-state index contributed by atoms with van der Waals surface area (Å²) in [6.45, 7) is 3.80. The Morgan fingerprint density at radius 1 is 1.34 bits per heavy atom. The van der Waals surface area contributed by atoms with Crippen LogP contribution in [-0.4, -0.2) is 53.8 Å². The average Bonchev–Trinajstić information content (AvgIpc) is 3.42. The third-order valence-electron chi connectivity index (χ3n) is 6.73. The first kappa shape index (κ1) is 18.8. The van der Waals surface area contributed by atoms with Gasteiger partial charge in [-0.3, -0.25) is 9.89 Å². The molecule has 0 saturated carbocycles. The molecule has 2 saturated heterocycles. The van der Waals surface area contributed by atoms with E-state index in [0.29, 0.717) is 38.5 Å². The van der Waals surface area contributed by atoms with Gasteiger partial charge < -0.3 is 15.0 Å². The van der Waals surface area contributed by atoms with Crippen molar-refractivity contribution in [2.24, 2.45) is 5.92 Å². The molecule has 154 valence electrons. The molecule has 4 heterocycles. The minimum absolute atomic E-state index is 0.191. The number of aromatic nitrogens is 2. The van der Waals surface area contributed by atoms with E-state index in [1.807, 2.05) is 12.3 Å². The van der Waals surface area contributed by atoms with Gasteiger partial charge in [-0.25, -0.2) is 4.39 Å². The van der Waals surface area contributed by atoms with E-state index < -0.39 is 11.4 Å². The normalized spacial score (nSPS) is 23.3. The Labute approximate surface area is 169 Å². The standard InChI is InChI=1S/C22H27FN4O2/c23-19-2-1-15(11-16-3-7-24-13-16)12-18(19)21(28)27-8-5-22(6-9-27)20-17(4-10-29-22)14-25-26-20/h1-2,12,14,16,24H,3-11,13H2,(H,25,26). The van der Waals surface area contributed by atoms with Crippen LogP contribution in [0.2, 0.25) is 0 Å². The van der Waals surface area contributed by atoms with Gasteiger partial charge in [0.15, 0.2) is 0 Å². The van der Waals surface area contributed by atoms with Gasteiger partial charge in [0.05, 0.1) is 24.1 Å². The summed E-state index contributed by atoms with van der Waals surface area (Å²) >= 11 is 0. The van der Waals surface area contributed by atoms with Crippen LogP contribution in [-0.2, 0) is 23.2 Å². The number of likely N-dealkylation sites (tertiary alicyclic amines) is 1. The second-order valence-corrected chi connectivity index (χ2v) is 8.53. The molecule has 7 heteroatoms. The van der Waals surface area contributed by atoms with E-state index in [-0.39, 0.29) is 11.5 Å². The van der Waals surface area contributed by atoms with E-state index in [1.54, 1.807) is 11.0 Å². The first-order chi connectivity index (χ1) is 14.1. The SMILES string of the molecule is O=C(c1cc(CC2CCNC2)ccc1F)N1CCC2(CC1)OCCc1cn[nH]c12. The van der Waals surface area contributed by atoms with Gasteiger partial charge in [0.1, 0.15) is 11.4 Å². The van der Waals surface area contributed by atoms with Crippen molar-refractivity contribution >= 4 is 5.91 Å². The summed E-state index contributed by atoms with van der Waals surface area (Å²) < 4.78 is 20.6. The zero-order chi connectivity index (χ0) is 19.8. The van der Waals surface area contributed by atoms with Gasteiger partial charge in [0.25, 0.3) is 5.91 Å². The lowest BCUT2D eigenvalue weighted by Crippen LogP contribution is -2.48. The number of fused-ring (bicyclic) bond motifs is 2. The lowest BCUT2D eigenvalue weighted by Gasteiger charge is -2.43. The van der Waals surface area contributed by atoms with E-state index in [0.717, 1.165) is 43.6 Å². The van der Waals surface area contributed by atoms with Crippen LogP contribution in [0, 0.1) is 11.7 Å². The smallest absolute Gasteiger partial charge is 0.256 e. The highest BCUT2D eigenvalue weighted by Gasteiger charge is 2.43. The number of piperidine rings is 1. The maximum Gasteiger partial charge on any atom is 0.256 e. The number of hydrogen-bond donors (Lipinski definition) is 2. The molecule has 2 aromatic rings. The fourth-order valence-corrected chi connectivity index (χ4v) is 5.04. The highest BCUT2D eigenvalue weighted by molar-refractivity contribution is 5.94. The van der Waals surface area contributed by atoms with Crippen LogP contribution in [0.3, 0.4) is 0 Å². The van der Waals surface area contributed by atoms with Gasteiger partial charge in [0.2, 0.25) is 0 Å². The molecular formula is C22H27FN4O2. The van der Waals surface area contributed by atoms with Crippen LogP contribution < -0.4 is 5.32 Å². The van der Waals surface area contributed by atoms with E-state index in [2.05, 4.69) is 15.5 Å². The molecule has 1 aromatic carbocycles. The molecule has 2 N–H and O–H groups in total. The van der Waals surface area contributed by atoms with Gasteiger partial charge >= 0.3 is 0 Å². The maximum absolute atomic E-state index is 14.5. The number of carbonyl (C=O) groups is 1. The molecule has 1 aromatic heterocycles. The van der Waals surface area contributed by atoms with Crippen LogP contribution in [0.15, 0.2) is 24.4 Å². The van der Waals surface area contributed by atoms with Crippen molar-refractivity contribution < 1.29 is 13.9 Å². The van der Waals surface area contributed by atoms with Crippen LogP contribution >= 0.6 is 0 Å². The molecule has 3 aliphatic heterocycles. The predicted molar refractivity (Wildman–Crippen MR) is 106 cm³/mol. The minimum Gasteiger partial charge on any atom is -0.368 e. The number of hydrogen-bond acceptors (Lipinski definition) is 4. The molecule has 0 aliphatic carbocycles. The number of amides is 1. The number of H-pyrrole nitrogens is 1. The Hall–Kier alpha value is -2.25. The van der Waals surface area contributed by atoms with Crippen molar-refractivity contribution in [1.82, 2.24) is 20.4 Å². The highest BCUT2D eigenvalue weighted by atomic mass is 19.1. The predicted octanol–water partition coefficient (Wildman–Crippen LogP) is 2.41. The summed E-state index contributed by atoms with van der Waals surface area (Å²) in [6.07, 6.45) is 6.14. The van der Waals surface area contributed by atoms with Gasteiger partial charge in [-0.05, 0) is 74.4 Å². The van der Waals surface area contributed by atoms with E-state index in [9.17, 15) is 9.18 Å². The molecule has 1 amide bonds. The van der Waals surface area contributed by atoms with Crippen molar-refractivity contribution in [3.63, 3.8) is 0 Å². The van der Waals surface area contributed by atoms with E-state index >= 15 is 0 Å². The zero-order valence-corrected chi connectivity index (χ0v) is 16.5. The number of ether oxygens (including phenoxy) is 1. The zero-order valence-electron chi connectivity index (χ0n) is 16.5. The number of nitrogens with one attached hydrogen (secondary N) is 2. The van der Waals surface area contributed by atoms with Crippen molar-refractivity contribution in [2.75, 3.05) is 32.8 Å². The van der Waals surface area contributed by atoms with Crippen LogP contribution in [0.1, 0.15) is 46.4 Å². The lowest BCUT2D eigenvalue weighted by molar-refractivity contribution is -0.0962. The van der Waals surface area contributed by atoms with Crippen LogP contribution in [0.5, 0.6) is 0 Å². The summed E-state index contributed by atoms with van der Waals surface area (Å²) in [7, 11) is 0. The molecular weight excluding hydrogens is 371 g/mol. The fourth-order valence-electron chi connectivity index (χ4n) is 5.04. The van der Waals surface area contributed by atoms with Crippen molar-refractivity contribution in [3.05, 3.63) is 52.6 Å². The first-order valence-corrected chi connectivity index (χ1v) is 10.6. The maximum atomic E-state index is 14.5. The summed E-state index contributed by atoms with van der Waals surface area (Å²) in [5, 5.41) is 10.6. The lowest BCUT2D eigenvalue weighted by atomic mass is 9.83. The second kappa shape index (κ2) is 7.54. The quantitative estimate of drug-likeness (QED) is 0.833. The third kappa shape index (κ3) is 3.46. The van der Waals surface area contributed by atoms with Gasteiger partial charge in [-0.2, -0.15) is 5.10 Å². The number of nitrogens with zero attached hydrogens (tertiary/aromatic N) is 2. The number of benzene rings is 1. The van der Waals surface area contributed by atoms with E-state index in [1.165, 1.54) is 11.6 Å². The van der Waals surface area contributed by atoms with Gasteiger partial charge in [0, 0.05) is 13.1 Å². The van der Waals surface area contributed by atoms with Crippen molar-refractivity contribution in [1.29, 1.82) is 0 Å². The van der Waals surface area contributed by atoms with E-state index in [4.69, 9.17) is 4.74 Å². The molecule has 2 fully saturated rings. The molecule has 5 rings (SSSR count). The summed E-state index contributed by atoms with van der Waals surface area (Å²) in [5.41, 5.74) is 3.09. The molecule has 1 spiro atoms. The first-order valence-electron chi connectivity index (χ1n) is 10.6. The van der Waals surface area contributed by atoms with Crippen molar-refractivity contribution in [2.45, 2.75) is 37.7 Å². The molecule has 0 bridgehead atoms. The summed E-state index contributed by atoms with van der Waals surface area (Å²) in [5.74, 6) is -0.0944. The Morgan fingerprint density at radius 3 is 3.00 bits per heavy atom. The molecule has 1 unspecified atom stereocenters. The molecule has 29 heavy (non-hydrogen) atoms. The Bertz CT molecular complexity index is 898. The number of halogens is 1. The molecule has 1 atom stereocenters. The molecule has 0 radical (unpaired) electrons. The fraction of sp³-hybridized carbons (Fsp3) is 0.545. The topological polar surface area (TPSA) is 70.2 Å². The average molecular weight is 398 g/mol. The second-order valence-electron chi connectivity index (χ2n) is 8.53. The number of rotatable bonds is 3. The molecule has 6 nitrogen and oxygen atoms in total. The largest absolute Gasteiger partial charge is 0.368 e. The minimum atomic E-state index is -0.437. The van der Waals surface area contributed by atoms with Gasteiger partial charge in [-0.15, -0.1) is 0 Å². The van der Waals surface area contributed by atoms with Crippen LogP contribution in [0.4, 0.5) is 4.39 Å². The Balaban J connectivity index is 1.30.